The predicted molar refractivity (Wildman–Crippen MR) is 76.6 cm³/mol. The molecule has 5 nitrogen and oxygen atoms in total. The number of anilines is 1. The highest BCUT2D eigenvalue weighted by Crippen LogP contribution is 2.18. The van der Waals surface area contributed by atoms with Crippen molar-refractivity contribution in [2.45, 2.75) is 39.7 Å². The van der Waals surface area contributed by atoms with Crippen LogP contribution in [0.25, 0.3) is 0 Å². The minimum Gasteiger partial charge on any atom is -0.391 e. The van der Waals surface area contributed by atoms with Crippen molar-refractivity contribution in [3.8, 4) is 5.88 Å². The Labute approximate surface area is 115 Å². The van der Waals surface area contributed by atoms with E-state index in [0.29, 0.717) is 18.2 Å². The number of pyridine rings is 1. The molecule has 0 saturated heterocycles. The molecule has 0 fully saturated rings. The van der Waals surface area contributed by atoms with E-state index in [-0.39, 0.29) is 11.6 Å². The number of carbonyl (C=O) groups excluding carboxylic acids is 1. The van der Waals surface area contributed by atoms with Crippen LogP contribution in [-0.2, 0) is 0 Å². The highest BCUT2D eigenvalue weighted by molar-refractivity contribution is 5.71. The van der Waals surface area contributed by atoms with E-state index in [1.165, 1.54) is 0 Å². The second kappa shape index (κ2) is 6.41. The van der Waals surface area contributed by atoms with Gasteiger partial charge in [-0.05, 0) is 33.3 Å². The maximum atomic E-state index is 12.2. The van der Waals surface area contributed by atoms with Gasteiger partial charge in [0.1, 0.15) is 5.82 Å². The van der Waals surface area contributed by atoms with Gasteiger partial charge < -0.3 is 15.0 Å². The lowest BCUT2D eigenvalue weighted by Crippen LogP contribution is -2.47. The average Bonchev–Trinajstić information content (AvgIpc) is 2.34. The molecule has 1 heterocycles. The molecule has 0 saturated carbocycles. The Kier molecular flexibility index (Phi) is 5.15. The summed E-state index contributed by atoms with van der Waals surface area (Å²) in [5, 5.41) is 2.91. The summed E-state index contributed by atoms with van der Waals surface area (Å²) in [7, 11) is 1.77. The Morgan fingerprint density at radius 2 is 2.11 bits per heavy atom. The van der Waals surface area contributed by atoms with E-state index in [1.54, 1.807) is 24.1 Å². The summed E-state index contributed by atoms with van der Waals surface area (Å²) in [6.45, 7) is 8.66. The van der Waals surface area contributed by atoms with E-state index in [4.69, 9.17) is 4.74 Å². The summed E-state index contributed by atoms with van der Waals surface area (Å²) in [4.78, 5) is 18.1. The lowest BCUT2D eigenvalue weighted by Gasteiger charge is -2.34. The molecule has 0 spiro atoms. The normalized spacial score (nSPS) is 11.0. The minimum absolute atomic E-state index is 0.270. The van der Waals surface area contributed by atoms with Gasteiger partial charge in [-0.15, -0.1) is 0 Å². The number of nitrogens with one attached hydrogen (secondary N) is 1. The predicted octanol–water partition coefficient (Wildman–Crippen LogP) is 3.13. The van der Waals surface area contributed by atoms with Crippen molar-refractivity contribution in [1.29, 1.82) is 0 Å². The number of carbonyl (C=O) groups is 1. The highest BCUT2D eigenvalue weighted by Gasteiger charge is 2.27. The number of amides is 1. The Hall–Kier alpha value is -1.78. The van der Waals surface area contributed by atoms with E-state index >= 15 is 0 Å². The van der Waals surface area contributed by atoms with Crippen LogP contribution in [0.15, 0.2) is 18.2 Å². The largest absolute Gasteiger partial charge is 0.417 e. The summed E-state index contributed by atoms with van der Waals surface area (Å²) in [6, 6.07) is 5.28. The fourth-order valence-electron chi connectivity index (χ4n) is 1.68. The molecule has 0 radical (unpaired) electrons. The molecule has 0 atom stereocenters. The van der Waals surface area contributed by atoms with Crippen molar-refractivity contribution in [2.75, 3.05) is 18.9 Å². The second-order valence-electron chi connectivity index (χ2n) is 5.30. The van der Waals surface area contributed by atoms with E-state index in [1.807, 2.05) is 33.8 Å². The number of ether oxygens (including phenoxy) is 1. The van der Waals surface area contributed by atoms with Crippen molar-refractivity contribution in [3.63, 3.8) is 0 Å². The molecule has 0 aromatic carbocycles. The van der Waals surface area contributed by atoms with Gasteiger partial charge in [-0.2, -0.15) is 4.98 Å². The smallest absolute Gasteiger partial charge is 0.391 e. The van der Waals surface area contributed by atoms with Crippen LogP contribution in [-0.4, -0.2) is 35.1 Å². The van der Waals surface area contributed by atoms with Gasteiger partial charge in [0.25, 0.3) is 0 Å². The maximum Gasteiger partial charge on any atom is 0.417 e. The van der Waals surface area contributed by atoms with Gasteiger partial charge in [0.05, 0.1) is 0 Å². The third-order valence-electron chi connectivity index (χ3n) is 2.65. The molecule has 1 aromatic rings. The van der Waals surface area contributed by atoms with Gasteiger partial charge in [0.2, 0.25) is 5.88 Å². The SMILES string of the molecule is CCCN(C(=O)Oc1cccc(NC)n1)C(C)(C)C. The first kappa shape index (κ1) is 15.3. The molecule has 19 heavy (non-hydrogen) atoms. The molecule has 1 rings (SSSR count). The summed E-state index contributed by atoms with van der Waals surface area (Å²) in [5.41, 5.74) is -0.270. The molecular weight excluding hydrogens is 242 g/mol. The van der Waals surface area contributed by atoms with E-state index < -0.39 is 0 Å². The van der Waals surface area contributed by atoms with Crippen LogP contribution in [0.2, 0.25) is 0 Å². The lowest BCUT2D eigenvalue weighted by molar-refractivity contribution is 0.105. The number of rotatable bonds is 4. The zero-order chi connectivity index (χ0) is 14.5. The first-order valence-corrected chi connectivity index (χ1v) is 6.52. The van der Waals surface area contributed by atoms with Crippen LogP contribution in [0.3, 0.4) is 0 Å². The third-order valence-corrected chi connectivity index (χ3v) is 2.65. The molecule has 1 amide bonds. The fraction of sp³-hybridized carbons (Fsp3) is 0.571. The van der Waals surface area contributed by atoms with Gasteiger partial charge >= 0.3 is 6.09 Å². The molecule has 0 aliphatic carbocycles. The Bertz CT molecular complexity index is 427. The zero-order valence-corrected chi connectivity index (χ0v) is 12.4. The molecule has 5 heteroatoms. The molecule has 1 aromatic heterocycles. The number of hydrogen-bond donors (Lipinski definition) is 1. The van der Waals surface area contributed by atoms with Crippen LogP contribution in [0.4, 0.5) is 10.6 Å². The Balaban J connectivity index is 2.81. The molecule has 0 aliphatic rings. The van der Waals surface area contributed by atoms with Crippen molar-refractivity contribution in [3.05, 3.63) is 18.2 Å². The first-order valence-electron chi connectivity index (χ1n) is 6.52. The van der Waals surface area contributed by atoms with Gasteiger partial charge in [0, 0.05) is 25.2 Å². The average molecular weight is 265 g/mol. The summed E-state index contributed by atoms with van der Waals surface area (Å²) >= 11 is 0. The number of nitrogens with zero attached hydrogens (tertiary/aromatic N) is 2. The first-order chi connectivity index (χ1) is 8.88. The van der Waals surface area contributed by atoms with E-state index in [9.17, 15) is 4.79 Å². The van der Waals surface area contributed by atoms with E-state index in [0.717, 1.165) is 6.42 Å². The maximum absolute atomic E-state index is 12.2. The van der Waals surface area contributed by atoms with E-state index in [2.05, 4.69) is 10.3 Å². The van der Waals surface area contributed by atoms with Gasteiger partial charge in [0.15, 0.2) is 0 Å². The summed E-state index contributed by atoms with van der Waals surface area (Å²) in [5.74, 6) is 0.977. The molecule has 0 aliphatic heterocycles. The molecule has 0 unspecified atom stereocenters. The van der Waals surface area contributed by atoms with Crippen molar-refractivity contribution >= 4 is 11.9 Å². The topological polar surface area (TPSA) is 54.5 Å². The minimum atomic E-state index is -0.366. The number of hydrogen-bond acceptors (Lipinski definition) is 4. The van der Waals surface area contributed by atoms with Crippen molar-refractivity contribution < 1.29 is 9.53 Å². The van der Waals surface area contributed by atoms with Gasteiger partial charge in [-0.1, -0.05) is 13.0 Å². The summed E-state index contributed by atoms with van der Waals surface area (Å²) < 4.78 is 5.33. The zero-order valence-electron chi connectivity index (χ0n) is 12.4. The van der Waals surface area contributed by atoms with Crippen LogP contribution in [0.1, 0.15) is 34.1 Å². The van der Waals surface area contributed by atoms with Crippen LogP contribution in [0, 0.1) is 0 Å². The van der Waals surface area contributed by atoms with Crippen LogP contribution < -0.4 is 10.1 Å². The highest BCUT2D eigenvalue weighted by atomic mass is 16.6. The van der Waals surface area contributed by atoms with Gasteiger partial charge in [-0.25, -0.2) is 4.79 Å². The Morgan fingerprint density at radius 3 is 2.63 bits per heavy atom. The molecular formula is C14H23N3O2. The quantitative estimate of drug-likeness (QED) is 0.908. The monoisotopic (exact) mass is 265 g/mol. The molecule has 106 valence electrons. The van der Waals surface area contributed by atoms with Crippen LogP contribution >= 0.6 is 0 Å². The fourth-order valence-corrected chi connectivity index (χ4v) is 1.68. The molecule has 0 bridgehead atoms. The standard InChI is InChI=1S/C14H23N3O2/c1-6-10-17(14(2,3)4)13(18)19-12-9-7-8-11(15-5)16-12/h7-9H,6,10H2,1-5H3,(H,15,16). The van der Waals surface area contributed by atoms with Crippen molar-refractivity contribution in [2.24, 2.45) is 0 Å². The van der Waals surface area contributed by atoms with Crippen molar-refractivity contribution in [1.82, 2.24) is 9.88 Å². The Morgan fingerprint density at radius 1 is 1.42 bits per heavy atom. The third kappa shape index (κ3) is 4.43. The van der Waals surface area contributed by atoms with Crippen LogP contribution in [0.5, 0.6) is 5.88 Å². The molecule has 1 N–H and O–H groups in total. The van der Waals surface area contributed by atoms with Gasteiger partial charge in [-0.3, -0.25) is 0 Å². The number of aromatic nitrogens is 1. The second-order valence-corrected chi connectivity index (χ2v) is 5.30. The summed E-state index contributed by atoms with van der Waals surface area (Å²) in [6.07, 6.45) is 0.520. The lowest BCUT2D eigenvalue weighted by atomic mass is 10.1.